The molecule has 0 radical (unpaired) electrons. The third kappa shape index (κ3) is 4.90. The standard InChI is InChI=1S/C24H30ClN3O2/c1-30-23-7-3-2-6-22(23)27-13-15-28(16-14-27)24(29)20-5-4-12-26(18-20)17-19-8-10-21(25)11-9-19/h2-3,6-11,20H,4-5,12-18H2,1H3/t20-/m1/s1. The van der Waals surface area contributed by atoms with Crippen LogP contribution in [-0.4, -0.2) is 62.1 Å². The van der Waals surface area contributed by atoms with E-state index in [0.717, 1.165) is 75.1 Å². The van der Waals surface area contributed by atoms with Crippen LogP contribution in [0.1, 0.15) is 18.4 Å². The third-order valence-electron chi connectivity index (χ3n) is 6.19. The number of ether oxygens (including phenoxy) is 1. The molecule has 2 aromatic rings. The molecule has 0 bridgehead atoms. The minimum Gasteiger partial charge on any atom is -0.495 e. The lowest BCUT2D eigenvalue weighted by molar-refractivity contribution is -0.137. The second-order valence-electron chi connectivity index (χ2n) is 8.18. The van der Waals surface area contributed by atoms with Crippen molar-refractivity contribution in [3.05, 3.63) is 59.1 Å². The number of halogens is 1. The number of amides is 1. The maximum absolute atomic E-state index is 13.2. The van der Waals surface area contributed by atoms with Crippen LogP contribution in [0.5, 0.6) is 5.75 Å². The van der Waals surface area contributed by atoms with E-state index < -0.39 is 0 Å². The molecule has 2 aliphatic heterocycles. The molecule has 6 heteroatoms. The van der Waals surface area contributed by atoms with Crippen LogP contribution in [0.4, 0.5) is 5.69 Å². The molecular formula is C24H30ClN3O2. The Hall–Kier alpha value is -2.24. The summed E-state index contributed by atoms with van der Waals surface area (Å²) in [5, 5.41) is 0.762. The molecule has 0 aromatic heterocycles. The third-order valence-corrected chi connectivity index (χ3v) is 6.44. The van der Waals surface area contributed by atoms with Crippen molar-refractivity contribution >= 4 is 23.2 Å². The van der Waals surface area contributed by atoms with Crippen LogP contribution in [0, 0.1) is 5.92 Å². The highest BCUT2D eigenvalue weighted by Crippen LogP contribution is 2.29. The van der Waals surface area contributed by atoms with Crippen molar-refractivity contribution < 1.29 is 9.53 Å². The number of benzene rings is 2. The van der Waals surface area contributed by atoms with Crippen LogP contribution in [0.2, 0.25) is 5.02 Å². The Labute approximate surface area is 184 Å². The summed E-state index contributed by atoms with van der Waals surface area (Å²) in [6, 6.07) is 16.1. The molecule has 0 aliphatic carbocycles. The molecule has 0 spiro atoms. The molecule has 0 unspecified atom stereocenters. The lowest BCUT2D eigenvalue weighted by Gasteiger charge is -2.40. The van der Waals surface area contributed by atoms with Gasteiger partial charge in [0.15, 0.2) is 0 Å². The maximum atomic E-state index is 13.2. The van der Waals surface area contributed by atoms with Gasteiger partial charge < -0.3 is 14.5 Å². The number of methoxy groups -OCH3 is 1. The Morgan fingerprint density at radius 2 is 1.77 bits per heavy atom. The van der Waals surface area contributed by atoms with Crippen LogP contribution in [-0.2, 0) is 11.3 Å². The first-order chi connectivity index (χ1) is 14.6. The first-order valence-corrected chi connectivity index (χ1v) is 11.2. The van der Waals surface area contributed by atoms with E-state index in [1.165, 1.54) is 5.56 Å². The highest BCUT2D eigenvalue weighted by atomic mass is 35.5. The largest absolute Gasteiger partial charge is 0.495 e. The SMILES string of the molecule is COc1ccccc1N1CCN(C(=O)[C@@H]2CCCN(Cc3ccc(Cl)cc3)C2)CC1. The molecule has 160 valence electrons. The lowest BCUT2D eigenvalue weighted by atomic mass is 9.95. The van der Waals surface area contributed by atoms with E-state index in [1.54, 1.807) is 7.11 Å². The zero-order valence-electron chi connectivity index (χ0n) is 17.6. The minimum absolute atomic E-state index is 0.101. The van der Waals surface area contributed by atoms with Gasteiger partial charge in [-0.3, -0.25) is 9.69 Å². The number of anilines is 1. The van der Waals surface area contributed by atoms with Gasteiger partial charge in [-0.15, -0.1) is 0 Å². The van der Waals surface area contributed by atoms with Crippen molar-refractivity contribution in [2.75, 3.05) is 51.3 Å². The van der Waals surface area contributed by atoms with Crippen molar-refractivity contribution in [2.24, 2.45) is 5.92 Å². The number of para-hydroxylation sites is 2. The number of hydrogen-bond acceptors (Lipinski definition) is 4. The zero-order valence-corrected chi connectivity index (χ0v) is 18.4. The number of hydrogen-bond donors (Lipinski definition) is 0. The van der Waals surface area contributed by atoms with Gasteiger partial charge in [0.05, 0.1) is 18.7 Å². The summed E-state index contributed by atoms with van der Waals surface area (Å²) in [5.41, 5.74) is 2.36. The Bertz CT molecular complexity index is 850. The highest BCUT2D eigenvalue weighted by molar-refractivity contribution is 6.30. The van der Waals surface area contributed by atoms with Gasteiger partial charge in [-0.05, 0) is 49.2 Å². The number of carbonyl (C=O) groups excluding carboxylic acids is 1. The number of piperazine rings is 1. The second kappa shape index (κ2) is 9.71. The van der Waals surface area contributed by atoms with E-state index >= 15 is 0 Å². The van der Waals surface area contributed by atoms with Crippen LogP contribution < -0.4 is 9.64 Å². The highest BCUT2D eigenvalue weighted by Gasteiger charge is 2.31. The van der Waals surface area contributed by atoms with Crippen molar-refractivity contribution in [2.45, 2.75) is 19.4 Å². The Morgan fingerprint density at radius 1 is 1.03 bits per heavy atom. The molecule has 30 heavy (non-hydrogen) atoms. The molecule has 1 amide bonds. The van der Waals surface area contributed by atoms with Gasteiger partial charge in [-0.25, -0.2) is 0 Å². The van der Waals surface area contributed by atoms with E-state index in [2.05, 4.69) is 32.9 Å². The molecular weight excluding hydrogens is 398 g/mol. The summed E-state index contributed by atoms with van der Waals surface area (Å²) in [4.78, 5) is 20.0. The number of piperidine rings is 1. The van der Waals surface area contributed by atoms with Gasteiger partial charge in [0.2, 0.25) is 5.91 Å². The summed E-state index contributed by atoms with van der Waals surface area (Å²) in [5.74, 6) is 1.31. The van der Waals surface area contributed by atoms with Gasteiger partial charge in [0.25, 0.3) is 0 Å². The van der Waals surface area contributed by atoms with Crippen LogP contribution in [0.25, 0.3) is 0 Å². The molecule has 1 atom stereocenters. The fourth-order valence-electron chi connectivity index (χ4n) is 4.57. The van der Waals surface area contributed by atoms with Crippen LogP contribution >= 0.6 is 11.6 Å². The predicted molar refractivity (Wildman–Crippen MR) is 121 cm³/mol. The van der Waals surface area contributed by atoms with Gasteiger partial charge in [-0.2, -0.15) is 0 Å². The monoisotopic (exact) mass is 427 g/mol. The van der Waals surface area contributed by atoms with Gasteiger partial charge in [0.1, 0.15) is 5.75 Å². The smallest absolute Gasteiger partial charge is 0.227 e. The Kier molecular flexibility index (Phi) is 6.80. The molecule has 2 fully saturated rings. The average molecular weight is 428 g/mol. The van der Waals surface area contributed by atoms with Crippen LogP contribution in [0.15, 0.2) is 48.5 Å². The number of rotatable bonds is 5. The molecule has 5 nitrogen and oxygen atoms in total. The lowest BCUT2D eigenvalue weighted by Crippen LogP contribution is -2.52. The Morgan fingerprint density at radius 3 is 2.50 bits per heavy atom. The quantitative estimate of drug-likeness (QED) is 0.724. The predicted octanol–water partition coefficient (Wildman–Crippen LogP) is 3.91. The van der Waals surface area contributed by atoms with Crippen molar-refractivity contribution in [1.29, 1.82) is 0 Å². The normalized spacial score (nSPS) is 20.3. The minimum atomic E-state index is 0.101. The Balaban J connectivity index is 1.32. The zero-order chi connectivity index (χ0) is 20.9. The molecule has 2 saturated heterocycles. The molecule has 2 heterocycles. The molecule has 0 saturated carbocycles. The van der Waals surface area contributed by atoms with Crippen molar-refractivity contribution in [1.82, 2.24) is 9.80 Å². The first-order valence-electron chi connectivity index (χ1n) is 10.8. The van der Waals surface area contributed by atoms with Crippen LogP contribution in [0.3, 0.4) is 0 Å². The second-order valence-corrected chi connectivity index (χ2v) is 8.62. The first kappa shape index (κ1) is 21.0. The fraction of sp³-hybridized carbons (Fsp3) is 0.458. The summed E-state index contributed by atoms with van der Waals surface area (Å²) in [7, 11) is 1.71. The van der Waals surface area contributed by atoms with E-state index in [4.69, 9.17) is 16.3 Å². The molecule has 2 aromatic carbocycles. The fourth-order valence-corrected chi connectivity index (χ4v) is 4.69. The maximum Gasteiger partial charge on any atom is 0.227 e. The topological polar surface area (TPSA) is 36.0 Å². The number of likely N-dealkylation sites (tertiary alicyclic amines) is 1. The van der Waals surface area contributed by atoms with E-state index in [1.807, 2.05) is 30.3 Å². The average Bonchev–Trinajstić information content (AvgIpc) is 2.80. The van der Waals surface area contributed by atoms with E-state index in [-0.39, 0.29) is 5.92 Å². The van der Waals surface area contributed by atoms with Gasteiger partial charge in [-0.1, -0.05) is 35.9 Å². The summed E-state index contributed by atoms with van der Waals surface area (Å²) < 4.78 is 5.50. The molecule has 0 N–H and O–H groups in total. The molecule has 4 rings (SSSR count). The summed E-state index contributed by atoms with van der Waals surface area (Å²) in [6.07, 6.45) is 2.06. The van der Waals surface area contributed by atoms with Crippen molar-refractivity contribution in [3.8, 4) is 5.75 Å². The number of carbonyl (C=O) groups is 1. The van der Waals surface area contributed by atoms with E-state index in [9.17, 15) is 4.79 Å². The molecule has 2 aliphatic rings. The number of nitrogens with zero attached hydrogens (tertiary/aromatic N) is 3. The van der Waals surface area contributed by atoms with Gasteiger partial charge >= 0.3 is 0 Å². The summed E-state index contributed by atoms with van der Waals surface area (Å²) >= 11 is 6.00. The van der Waals surface area contributed by atoms with E-state index in [0.29, 0.717) is 5.91 Å². The summed E-state index contributed by atoms with van der Waals surface area (Å²) in [6.45, 7) is 5.99. The van der Waals surface area contributed by atoms with Crippen molar-refractivity contribution in [3.63, 3.8) is 0 Å². The van der Waals surface area contributed by atoms with Gasteiger partial charge in [0, 0.05) is 44.3 Å².